The molecule has 0 bridgehead atoms. The van der Waals surface area contributed by atoms with Crippen molar-refractivity contribution in [3.8, 4) is 0 Å². The van der Waals surface area contributed by atoms with Gasteiger partial charge < -0.3 is 5.32 Å². The van der Waals surface area contributed by atoms with E-state index in [0.717, 1.165) is 5.69 Å². The Kier molecular flexibility index (Phi) is 3.87. The Labute approximate surface area is 112 Å². The molecular formula is C15H15ClFN. The molecule has 1 N–H and O–H groups in total. The minimum absolute atomic E-state index is 0.140. The first-order valence-electron chi connectivity index (χ1n) is 5.82. The molecule has 0 amide bonds. The van der Waals surface area contributed by atoms with E-state index in [1.54, 1.807) is 12.1 Å². The quantitative estimate of drug-likeness (QED) is 0.846. The summed E-state index contributed by atoms with van der Waals surface area (Å²) in [6, 6.07) is 10.9. The van der Waals surface area contributed by atoms with Crippen molar-refractivity contribution in [2.75, 3.05) is 5.32 Å². The normalized spacial score (nSPS) is 10.4. The van der Waals surface area contributed by atoms with E-state index in [2.05, 4.69) is 31.3 Å². The largest absolute Gasteiger partial charge is 0.381 e. The first-order valence-corrected chi connectivity index (χ1v) is 6.20. The van der Waals surface area contributed by atoms with Crippen LogP contribution in [0.1, 0.15) is 16.7 Å². The van der Waals surface area contributed by atoms with Crippen LogP contribution in [0.2, 0.25) is 5.02 Å². The Morgan fingerprint density at radius 3 is 2.67 bits per heavy atom. The number of halogens is 2. The number of aryl methyl sites for hydroxylation is 1. The van der Waals surface area contributed by atoms with Gasteiger partial charge in [0, 0.05) is 12.2 Å². The van der Waals surface area contributed by atoms with Gasteiger partial charge in [0.2, 0.25) is 0 Å². The molecule has 3 heteroatoms. The summed E-state index contributed by atoms with van der Waals surface area (Å²) < 4.78 is 13.0. The number of hydrogen-bond donors (Lipinski definition) is 1. The van der Waals surface area contributed by atoms with Crippen molar-refractivity contribution in [2.45, 2.75) is 20.4 Å². The van der Waals surface area contributed by atoms with E-state index in [4.69, 9.17) is 11.6 Å². The van der Waals surface area contributed by atoms with Gasteiger partial charge in [0.05, 0.1) is 5.02 Å². The molecule has 0 radical (unpaired) electrons. The number of nitrogens with one attached hydrogen (secondary N) is 1. The van der Waals surface area contributed by atoms with Crippen LogP contribution in [0.4, 0.5) is 10.1 Å². The van der Waals surface area contributed by atoms with Gasteiger partial charge in [-0.3, -0.25) is 0 Å². The van der Waals surface area contributed by atoms with Crippen LogP contribution in [0, 0.1) is 19.7 Å². The van der Waals surface area contributed by atoms with Gasteiger partial charge in [-0.2, -0.15) is 0 Å². The molecule has 94 valence electrons. The molecule has 0 aromatic heterocycles. The van der Waals surface area contributed by atoms with E-state index in [1.165, 1.54) is 22.8 Å². The predicted molar refractivity (Wildman–Crippen MR) is 74.7 cm³/mol. The van der Waals surface area contributed by atoms with E-state index in [-0.39, 0.29) is 5.02 Å². The highest BCUT2D eigenvalue weighted by Gasteiger charge is 2.03. The van der Waals surface area contributed by atoms with E-state index in [9.17, 15) is 4.39 Å². The predicted octanol–water partition coefficient (Wildman–Crippen LogP) is 4.71. The molecule has 2 aromatic carbocycles. The third-order valence-corrected chi connectivity index (χ3v) is 3.41. The maximum atomic E-state index is 13.0. The van der Waals surface area contributed by atoms with Crippen LogP contribution in [0.15, 0.2) is 36.4 Å². The summed E-state index contributed by atoms with van der Waals surface area (Å²) in [7, 11) is 0. The molecule has 2 rings (SSSR count). The molecule has 0 saturated heterocycles. The highest BCUT2D eigenvalue weighted by atomic mass is 35.5. The molecule has 0 aliphatic carbocycles. The lowest BCUT2D eigenvalue weighted by Gasteiger charge is -2.11. The monoisotopic (exact) mass is 263 g/mol. The first-order chi connectivity index (χ1) is 8.58. The fourth-order valence-electron chi connectivity index (χ4n) is 1.81. The first kappa shape index (κ1) is 12.9. The molecule has 18 heavy (non-hydrogen) atoms. The summed E-state index contributed by atoms with van der Waals surface area (Å²) >= 11 is 5.74. The molecule has 0 heterocycles. The van der Waals surface area contributed by atoms with Crippen LogP contribution < -0.4 is 5.32 Å². The van der Waals surface area contributed by atoms with E-state index >= 15 is 0 Å². The zero-order chi connectivity index (χ0) is 13.1. The van der Waals surface area contributed by atoms with Crippen molar-refractivity contribution in [1.82, 2.24) is 0 Å². The maximum Gasteiger partial charge on any atom is 0.141 e. The number of rotatable bonds is 3. The fourth-order valence-corrected chi connectivity index (χ4v) is 1.99. The Balaban J connectivity index is 2.11. The maximum absolute atomic E-state index is 13.0. The Hall–Kier alpha value is -1.54. The van der Waals surface area contributed by atoms with Gasteiger partial charge in [-0.25, -0.2) is 4.39 Å². The zero-order valence-electron chi connectivity index (χ0n) is 10.4. The van der Waals surface area contributed by atoms with Crippen LogP contribution in [0.25, 0.3) is 0 Å². The van der Waals surface area contributed by atoms with E-state index in [1.807, 2.05) is 6.07 Å². The van der Waals surface area contributed by atoms with Crippen LogP contribution in [-0.4, -0.2) is 0 Å². The number of anilines is 1. The molecule has 0 atom stereocenters. The lowest BCUT2D eigenvalue weighted by molar-refractivity contribution is 0.628. The smallest absolute Gasteiger partial charge is 0.141 e. The van der Waals surface area contributed by atoms with Crippen molar-refractivity contribution in [1.29, 1.82) is 0 Å². The van der Waals surface area contributed by atoms with Crippen molar-refractivity contribution in [3.05, 3.63) is 63.9 Å². The summed E-state index contributed by atoms with van der Waals surface area (Å²) in [6.45, 7) is 4.90. The van der Waals surface area contributed by atoms with Gasteiger partial charge in [-0.15, -0.1) is 0 Å². The molecule has 0 spiro atoms. The second-order valence-corrected chi connectivity index (χ2v) is 4.75. The summed E-state index contributed by atoms with van der Waals surface area (Å²) in [5.74, 6) is -0.394. The van der Waals surface area contributed by atoms with Crippen LogP contribution in [0.3, 0.4) is 0 Å². The summed E-state index contributed by atoms with van der Waals surface area (Å²) in [6.07, 6.45) is 0. The third-order valence-electron chi connectivity index (χ3n) is 3.12. The van der Waals surface area contributed by atoms with Crippen molar-refractivity contribution >= 4 is 17.3 Å². The van der Waals surface area contributed by atoms with Gasteiger partial charge >= 0.3 is 0 Å². The fraction of sp³-hybridized carbons (Fsp3) is 0.200. The molecule has 0 fully saturated rings. The average molecular weight is 264 g/mol. The van der Waals surface area contributed by atoms with Crippen molar-refractivity contribution in [3.63, 3.8) is 0 Å². The van der Waals surface area contributed by atoms with Crippen LogP contribution in [-0.2, 0) is 6.54 Å². The molecule has 0 unspecified atom stereocenters. The highest BCUT2D eigenvalue weighted by Crippen LogP contribution is 2.20. The van der Waals surface area contributed by atoms with Gasteiger partial charge in [0.25, 0.3) is 0 Å². The van der Waals surface area contributed by atoms with Crippen LogP contribution in [0.5, 0.6) is 0 Å². The third kappa shape index (κ3) is 2.82. The zero-order valence-corrected chi connectivity index (χ0v) is 11.2. The second kappa shape index (κ2) is 5.40. The Morgan fingerprint density at radius 2 is 1.94 bits per heavy atom. The molecule has 1 nitrogen and oxygen atoms in total. The molecule has 0 aliphatic rings. The van der Waals surface area contributed by atoms with E-state index in [0.29, 0.717) is 6.54 Å². The van der Waals surface area contributed by atoms with Gasteiger partial charge in [0.15, 0.2) is 0 Å². The summed E-state index contributed by atoms with van der Waals surface area (Å²) in [5.41, 5.74) is 4.60. The summed E-state index contributed by atoms with van der Waals surface area (Å²) in [5, 5.41) is 3.39. The lowest BCUT2D eigenvalue weighted by Crippen LogP contribution is -2.02. The van der Waals surface area contributed by atoms with Gasteiger partial charge in [0.1, 0.15) is 5.82 Å². The van der Waals surface area contributed by atoms with Gasteiger partial charge in [-0.05, 0) is 48.7 Å². The molecular weight excluding hydrogens is 249 g/mol. The average Bonchev–Trinajstić information content (AvgIpc) is 2.35. The standard InChI is InChI=1S/C15H15ClFN/c1-10-4-3-5-12(11(10)2)9-18-13-6-7-15(17)14(16)8-13/h3-8,18H,9H2,1-2H3. The number of benzene rings is 2. The van der Waals surface area contributed by atoms with Crippen LogP contribution >= 0.6 is 11.6 Å². The SMILES string of the molecule is Cc1cccc(CNc2ccc(F)c(Cl)c2)c1C. The Bertz CT molecular complexity index is 566. The van der Waals surface area contributed by atoms with Gasteiger partial charge in [-0.1, -0.05) is 29.8 Å². The lowest BCUT2D eigenvalue weighted by atomic mass is 10.0. The second-order valence-electron chi connectivity index (χ2n) is 4.34. The number of hydrogen-bond acceptors (Lipinski definition) is 1. The topological polar surface area (TPSA) is 12.0 Å². The van der Waals surface area contributed by atoms with E-state index < -0.39 is 5.82 Å². The summed E-state index contributed by atoms with van der Waals surface area (Å²) in [4.78, 5) is 0. The Morgan fingerprint density at radius 1 is 1.17 bits per heavy atom. The minimum atomic E-state index is -0.394. The molecule has 2 aromatic rings. The van der Waals surface area contributed by atoms with Crippen molar-refractivity contribution < 1.29 is 4.39 Å². The minimum Gasteiger partial charge on any atom is -0.381 e. The molecule has 0 saturated carbocycles. The highest BCUT2D eigenvalue weighted by molar-refractivity contribution is 6.31. The molecule has 0 aliphatic heterocycles. The van der Waals surface area contributed by atoms with Crippen molar-refractivity contribution in [2.24, 2.45) is 0 Å².